The number of nitrogens with one attached hydrogen (secondary N) is 1. The van der Waals surface area contributed by atoms with E-state index < -0.39 is 0 Å². The monoisotopic (exact) mass is 504 g/mol. The number of hydrogen-bond donors (Lipinski definition) is 1. The number of anilines is 2. The molecule has 3 heterocycles. The van der Waals surface area contributed by atoms with Gasteiger partial charge in [0.05, 0.1) is 47.6 Å². The van der Waals surface area contributed by atoms with E-state index in [-0.39, 0.29) is 5.91 Å². The van der Waals surface area contributed by atoms with Crippen molar-refractivity contribution in [3.8, 4) is 11.8 Å². The van der Waals surface area contributed by atoms with Crippen LogP contribution in [-0.2, 0) is 4.74 Å². The summed E-state index contributed by atoms with van der Waals surface area (Å²) in [5.74, 6) is -0.274. The second-order valence-electron chi connectivity index (χ2n) is 9.20. The van der Waals surface area contributed by atoms with Gasteiger partial charge in [-0.1, -0.05) is 17.7 Å². The van der Waals surface area contributed by atoms with E-state index in [0.717, 1.165) is 63.6 Å². The zero-order valence-electron chi connectivity index (χ0n) is 20.3. The van der Waals surface area contributed by atoms with Crippen molar-refractivity contribution in [1.82, 2.24) is 14.7 Å². The average molecular weight is 505 g/mol. The van der Waals surface area contributed by atoms with Crippen molar-refractivity contribution in [2.45, 2.75) is 25.8 Å². The van der Waals surface area contributed by atoms with Crippen molar-refractivity contribution in [3.05, 3.63) is 70.5 Å². The number of nitriles is 1. The van der Waals surface area contributed by atoms with Gasteiger partial charge in [-0.3, -0.25) is 9.69 Å². The second kappa shape index (κ2) is 10.7. The van der Waals surface area contributed by atoms with Crippen molar-refractivity contribution in [1.29, 1.82) is 5.26 Å². The molecule has 2 aliphatic heterocycles. The Hall–Kier alpha value is -3.38. The molecule has 0 atom stereocenters. The van der Waals surface area contributed by atoms with Gasteiger partial charge in [-0.15, -0.1) is 0 Å². The Balaban J connectivity index is 1.26. The van der Waals surface area contributed by atoms with E-state index in [1.807, 2.05) is 31.2 Å². The van der Waals surface area contributed by atoms with Crippen molar-refractivity contribution in [2.75, 3.05) is 49.6 Å². The van der Waals surface area contributed by atoms with Crippen molar-refractivity contribution in [2.24, 2.45) is 0 Å². The van der Waals surface area contributed by atoms with Crippen molar-refractivity contribution in [3.63, 3.8) is 0 Å². The molecule has 0 saturated carbocycles. The fourth-order valence-electron chi connectivity index (χ4n) is 5.09. The van der Waals surface area contributed by atoms with E-state index in [0.29, 0.717) is 33.6 Å². The van der Waals surface area contributed by atoms with Gasteiger partial charge in [-0.05, 0) is 56.2 Å². The highest BCUT2D eigenvalue weighted by molar-refractivity contribution is 6.30. The first-order valence-electron chi connectivity index (χ1n) is 12.3. The standard InChI is InChI=1S/C27H29ClN6O2/c1-19-25(18-30-34(19)24-4-2-3-21(28)16-24)27(35)31-22-5-6-26(20(15-22)17-29)33-9-7-23(8-10-33)32-11-13-36-14-12-32/h2-6,15-16,18,23H,7-14H2,1H3,(H,31,35). The number of piperidine rings is 1. The Morgan fingerprint density at radius 2 is 1.92 bits per heavy atom. The van der Waals surface area contributed by atoms with Gasteiger partial charge < -0.3 is 15.0 Å². The summed E-state index contributed by atoms with van der Waals surface area (Å²) in [6.45, 7) is 7.28. The first-order valence-corrected chi connectivity index (χ1v) is 12.6. The molecule has 1 N–H and O–H groups in total. The summed E-state index contributed by atoms with van der Waals surface area (Å²) in [7, 11) is 0. The van der Waals surface area contributed by atoms with Gasteiger partial charge in [0.15, 0.2) is 0 Å². The van der Waals surface area contributed by atoms with Crippen LogP contribution >= 0.6 is 11.6 Å². The third kappa shape index (κ3) is 5.09. The largest absolute Gasteiger partial charge is 0.379 e. The van der Waals surface area contributed by atoms with Crippen LogP contribution < -0.4 is 10.2 Å². The van der Waals surface area contributed by atoms with Gasteiger partial charge in [0.25, 0.3) is 5.91 Å². The van der Waals surface area contributed by atoms with Crippen LogP contribution in [0.4, 0.5) is 11.4 Å². The van der Waals surface area contributed by atoms with Gasteiger partial charge >= 0.3 is 0 Å². The molecule has 0 unspecified atom stereocenters. The Bertz CT molecular complexity index is 1290. The van der Waals surface area contributed by atoms with E-state index in [2.05, 4.69) is 26.3 Å². The molecule has 0 radical (unpaired) electrons. The van der Waals surface area contributed by atoms with Gasteiger partial charge in [0.1, 0.15) is 6.07 Å². The summed E-state index contributed by atoms with van der Waals surface area (Å²) >= 11 is 6.11. The number of benzene rings is 2. The number of nitrogens with zero attached hydrogens (tertiary/aromatic N) is 5. The number of amides is 1. The third-order valence-electron chi connectivity index (χ3n) is 7.05. The molecule has 2 fully saturated rings. The van der Waals surface area contributed by atoms with Gasteiger partial charge in [-0.2, -0.15) is 10.4 Å². The SMILES string of the molecule is Cc1c(C(=O)Nc2ccc(N3CCC(N4CCOCC4)CC3)c(C#N)c2)cnn1-c1cccc(Cl)c1. The topological polar surface area (TPSA) is 86.4 Å². The molecule has 1 amide bonds. The number of carbonyl (C=O) groups is 1. The highest BCUT2D eigenvalue weighted by Gasteiger charge is 2.27. The lowest BCUT2D eigenvalue weighted by atomic mass is 10.0. The summed E-state index contributed by atoms with van der Waals surface area (Å²) in [6.07, 6.45) is 3.68. The smallest absolute Gasteiger partial charge is 0.259 e. The Morgan fingerprint density at radius 3 is 2.64 bits per heavy atom. The number of halogens is 1. The summed E-state index contributed by atoms with van der Waals surface area (Å²) in [6, 6.07) is 15.7. The zero-order chi connectivity index (χ0) is 25.1. The molecule has 0 bridgehead atoms. The molecule has 2 aliphatic rings. The lowest BCUT2D eigenvalue weighted by Gasteiger charge is -2.41. The molecule has 2 saturated heterocycles. The fourth-order valence-corrected chi connectivity index (χ4v) is 5.28. The van der Waals surface area contributed by atoms with Crippen molar-refractivity contribution < 1.29 is 9.53 Å². The van der Waals surface area contributed by atoms with Crippen LogP contribution in [-0.4, -0.2) is 66.0 Å². The highest BCUT2D eigenvalue weighted by atomic mass is 35.5. The number of ether oxygens (including phenoxy) is 1. The molecule has 8 nitrogen and oxygen atoms in total. The molecular formula is C27H29ClN6O2. The molecule has 3 aromatic rings. The Morgan fingerprint density at radius 1 is 1.14 bits per heavy atom. The Labute approximate surface area is 216 Å². The van der Waals surface area contributed by atoms with Gasteiger partial charge in [0, 0.05) is 42.9 Å². The summed E-state index contributed by atoms with van der Waals surface area (Å²) < 4.78 is 7.17. The maximum absolute atomic E-state index is 13.0. The van der Waals surface area contributed by atoms with E-state index in [4.69, 9.17) is 16.3 Å². The summed E-state index contributed by atoms with van der Waals surface area (Å²) in [4.78, 5) is 17.8. The molecular weight excluding hydrogens is 476 g/mol. The fraction of sp³-hybridized carbons (Fsp3) is 0.370. The minimum atomic E-state index is -0.274. The molecule has 9 heteroatoms. The molecule has 2 aromatic carbocycles. The Kier molecular flexibility index (Phi) is 7.23. The lowest BCUT2D eigenvalue weighted by molar-refractivity contribution is 0.0115. The van der Waals surface area contributed by atoms with E-state index in [1.54, 1.807) is 29.1 Å². The summed E-state index contributed by atoms with van der Waals surface area (Å²) in [5.41, 5.74) is 4.01. The molecule has 1 aromatic heterocycles. The van der Waals surface area contributed by atoms with Gasteiger partial charge in [-0.25, -0.2) is 4.68 Å². The van der Waals surface area contributed by atoms with Crippen LogP contribution in [0.1, 0.15) is 34.5 Å². The maximum Gasteiger partial charge on any atom is 0.259 e. The maximum atomic E-state index is 13.0. The van der Waals surface area contributed by atoms with Crippen LogP contribution in [0.25, 0.3) is 5.69 Å². The van der Waals surface area contributed by atoms with E-state index in [9.17, 15) is 10.1 Å². The van der Waals surface area contributed by atoms with Gasteiger partial charge in [0.2, 0.25) is 0 Å². The quantitative estimate of drug-likeness (QED) is 0.558. The van der Waals surface area contributed by atoms with E-state index >= 15 is 0 Å². The van der Waals surface area contributed by atoms with Crippen LogP contribution in [0.15, 0.2) is 48.7 Å². The molecule has 186 valence electrons. The molecule has 5 rings (SSSR count). The van der Waals surface area contributed by atoms with Crippen molar-refractivity contribution >= 4 is 28.9 Å². The first kappa shape index (κ1) is 24.3. The number of carbonyl (C=O) groups excluding carboxylic acids is 1. The number of hydrogen-bond acceptors (Lipinski definition) is 6. The minimum Gasteiger partial charge on any atom is -0.379 e. The number of aromatic nitrogens is 2. The first-order chi connectivity index (χ1) is 17.5. The predicted octanol–water partition coefficient (Wildman–Crippen LogP) is 4.26. The summed E-state index contributed by atoms with van der Waals surface area (Å²) in [5, 5.41) is 17.7. The average Bonchev–Trinajstić information content (AvgIpc) is 3.30. The predicted molar refractivity (Wildman–Crippen MR) is 140 cm³/mol. The molecule has 36 heavy (non-hydrogen) atoms. The normalized spacial score (nSPS) is 17.1. The minimum absolute atomic E-state index is 0.274. The van der Waals surface area contributed by atoms with Crippen LogP contribution in [0.5, 0.6) is 0 Å². The van der Waals surface area contributed by atoms with Crippen LogP contribution in [0, 0.1) is 18.3 Å². The second-order valence-corrected chi connectivity index (χ2v) is 9.64. The zero-order valence-corrected chi connectivity index (χ0v) is 21.0. The number of rotatable bonds is 5. The van der Waals surface area contributed by atoms with E-state index in [1.165, 1.54) is 0 Å². The third-order valence-corrected chi connectivity index (χ3v) is 7.28. The highest BCUT2D eigenvalue weighted by Crippen LogP contribution is 2.29. The van der Waals surface area contributed by atoms with Crippen LogP contribution in [0.3, 0.4) is 0 Å². The van der Waals surface area contributed by atoms with Crippen LogP contribution in [0.2, 0.25) is 5.02 Å². The molecule has 0 spiro atoms. The number of morpholine rings is 1. The molecule has 0 aliphatic carbocycles. The lowest BCUT2D eigenvalue weighted by Crippen LogP contribution is -2.49.